The van der Waals surface area contributed by atoms with Crippen LogP contribution in [0, 0.1) is 0 Å². The summed E-state index contributed by atoms with van der Waals surface area (Å²) in [5, 5.41) is 0. The minimum Gasteiger partial charge on any atom is -0.357 e. The zero-order chi connectivity index (χ0) is 9.23. The van der Waals surface area contributed by atoms with Gasteiger partial charge in [-0.1, -0.05) is 0 Å². The van der Waals surface area contributed by atoms with Crippen molar-refractivity contribution in [2.24, 2.45) is 4.99 Å². The van der Waals surface area contributed by atoms with Crippen molar-refractivity contribution in [3.63, 3.8) is 0 Å². The first-order chi connectivity index (χ1) is 5.85. The van der Waals surface area contributed by atoms with Crippen molar-refractivity contribution in [2.75, 3.05) is 19.4 Å². The van der Waals surface area contributed by atoms with Gasteiger partial charge < -0.3 is 9.47 Å². The van der Waals surface area contributed by atoms with Crippen LogP contribution in [0.1, 0.15) is 13.8 Å². The van der Waals surface area contributed by atoms with Crippen LogP contribution < -0.4 is 0 Å². The van der Waals surface area contributed by atoms with Crippen LogP contribution >= 0.6 is 0 Å². The van der Waals surface area contributed by atoms with E-state index in [0.29, 0.717) is 19.4 Å². The van der Waals surface area contributed by atoms with Gasteiger partial charge in [-0.2, -0.15) is 0 Å². The van der Waals surface area contributed by atoms with Crippen molar-refractivity contribution in [1.82, 2.24) is 0 Å². The van der Waals surface area contributed by atoms with Gasteiger partial charge in [0, 0.05) is 19.4 Å². The van der Waals surface area contributed by atoms with Crippen LogP contribution in [0.2, 0.25) is 0 Å². The lowest BCUT2D eigenvalue weighted by Crippen LogP contribution is -2.26. The van der Waals surface area contributed by atoms with Gasteiger partial charge in [0.15, 0.2) is 0 Å². The summed E-state index contributed by atoms with van der Waals surface area (Å²) in [6, 6.07) is 0. The molecule has 0 spiro atoms. The van der Waals surface area contributed by atoms with Crippen LogP contribution in [0.4, 0.5) is 0 Å². The van der Waals surface area contributed by atoms with E-state index in [-0.39, 0.29) is 5.91 Å². The second kappa shape index (κ2) is 8.61. The number of hydrogen-bond acceptors (Lipinski definition) is 4. The molecule has 0 unspecified atom stereocenters. The normalized spacial score (nSPS) is 10.9. The van der Waals surface area contributed by atoms with Gasteiger partial charge in [-0.3, -0.25) is 0 Å². The lowest BCUT2D eigenvalue weighted by atomic mass is 10.8. The summed E-state index contributed by atoms with van der Waals surface area (Å²) in [6.45, 7) is 5.12. The monoisotopic (exact) mass is 189 g/mol. The summed E-state index contributed by atoms with van der Waals surface area (Å²) in [7, 11) is -0.581. The maximum atomic E-state index is 9.75. The smallest absolute Gasteiger partial charge is 0.234 e. The van der Waals surface area contributed by atoms with Crippen molar-refractivity contribution in [3.05, 3.63) is 0 Å². The molecule has 0 saturated carbocycles. The summed E-state index contributed by atoms with van der Waals surface area (Å²) in [4.78, 5) is 13.2. The Morgan fingerprint density at radius 1 is 1.42 bits per heavy atom. The molecule has 0 amide bonds. The predicted octanol–water partition coefficient (Wildman–Crippen LogP) is -0.195. The van der Waals surface area contributed by atoms with Gasteiger partial charge in [-0.05, 0) is 13.8 Å². The quantitative estimate of drug-likeness (QED) is 0.241. The van der Waals surface area contributed by atoms with E-state index in [1.54, 1.807) is 0 Å². The van der Waals surface area contributed by atoms with E-state index in [2.05, 4.69) is 4.99 Å². The van der Waals surface area contributed by atoms with Crippen LogP contribution in [0.15, 0.2) is 4.99 Å². The number of rotatable bonds is 7. The van der Waals surface area contributed by atoms with E-state index in [4.69, 9.17) is 9.47 Å². The number of aliphatic imine (C=N–C) groups is 1. The van der Waals surface area contributed by atoms with Gasteiger partial charge in [0.05, 0.1) is 0 Å². The zero-order valence-corrected chi connectivity index (χ0v) is 8.99. The molecule has 12 heavy (non-hydrogen) atoms. The average molecular weight is 189 g/mol. The van der Waals surface area contributed by atoms with E-state index in [1.165, 1.54) is 6.08 Å². The highest BCUT2D eigenvalue weighted by molar-refractivity contribution is 6.36. The minimum atomic E-state index is -0.581. The van der Waals surface area contributed by atoms with Gasteiger partial charge in [0.25, 0.3) is 0 Å². The lowest BCUT2D eigenvalue weighted by molar-refractivity contribution is -0.0826. The maximum absolute atomic E-state index is 9.75. The van der Waals surface area contributed by atoms with Crippen molar-refractivity contribution in [3.8, 4) is 0 Å². The first kappa shape index (κ1) is 11.5. The zero-order valence-electron chi connectivity index (χ0n) is 7.58. The van der Waals surface area contributed by atoms with Crippen LogP contribution in [0.3, 0.4) is 0 Å². The third-order valence-corrected chi connectivity index (χ3v) is 2.67. The van der Waals surface area contributed by atoms with Crippen LogP contribution in [0.25, 0.3) is 0 Å². The summed E-state index contributed by atoms with van der Waals surface area (Å²) in [6.07, 6.45) is 2.06. The molecule has 0 aliphatic heterocycles. The Kier molecular flexibility index (Phi) is 8.27. The molecule has 0 aromatic carbocycles. The van der Waals surface area contributed by atoms with Crippen molar-refractivity contribution >= 4 is 15.6 Å². The Bertz CT molecular complexity index is 142. The van der Waals surface area contributed by atoms with Gasteiger partial charge in [-0.25, -0.2) is 9.79 Å². The fourth-order valence-corrected chi connectivity index (χ4v) is 2.04. The van der Waals surface area contributed by atoms with Crippen LogP contribution in [0.5, 0.6) is 0 Å². The molecule has 0 saturated heterocycles. The number of nitrogens with zero attached hydrogens (tertiary/aromatic N) is 1. The first-order valence-electron chi connectivity index (χ1n) is 4.12. The molecule has 0 aromatic heterocycles. The molecule has 5 heteroatoms. The second-order valence-electron chi connectivity index (χ2n) is 2.10. The third-order valence-electron chi connectivity index (χ3n) is 1.25. The molecule has 4 nitrogen and oxygen atoms in total. The number of isocyanates is 1. The molecule has 70 valence electrons. The van der Waals surface area contributed by atoms with Crippen molar-refractivity contribution in [1.29, 1.82) is 0 Å². The number of hydrogen-bond donors (Lipinski definition) is 0. The Morgan fingerprint density at radius 2 is 2.00 bits per heavy atom. The highest BCUT2D eigenvalue weighted by Gasteiger charge is 2.06. The SMILES string of the molecule is CCOC(OCC)[SiH2]CN=C=O. The Morgan fingerprint density at radius 3 is 2.42 bits per heavy atom. The predicted molar refractivity (Wildman–Crippen MR) is 48.6 cm³/mol. The largest absolute Gasteiger partial charge is 0.357 e. The van der Waals surface area contributed by atoms with E-state index in [9.17, 15) is 4.79 Å². The summed E-state index contributed by atoms with van der Waals surface area (Å²) < 4.78 is 10.6. The van der Waals surface area contributed by atoms with E-state index < -0.39 is 9.52 Å². The van der Waals surface area contributed by atoms with E-state index in [1.807, 2.05) is 13.8 Å². The molecule has 0 aliphatic carbocycles. The van der Waals surface area contributed by atoms with Gasteiger partial charge in [-0.15, -0.1) is 0 Å². The molecule has 0 rings (SSSR count). The molecular formula is C7H15NO3Si. The van der Waals surface area contributed by atoms with Gasteiger partial charge in [0.2, 0.25) is 6.08 Å². The van der Waals surface area contributed by atoms with Gasteiger partial charge in [0.1, 0.15) is 15.4 Å². The summed E-state index contributed by atoms with van der Waals surface area (Å²) >= 11 is 0. The molecule has 0 aliphatic rings. The van der Waals surface area contributed by atoms with Crippen molar-refractivity contribution < 1.29 is 14.3 Å². The Balaban J connectivity index is 3.54. The summed E-state index contributed by atoms with van der Waals surface area (Å²) in [5.41, 5.74) is 0. The molecule has 0 heterocycles. The highest BCUT2D eigenvalue weighted by atomic mass is 28.2. The second-order valence-corrected chi connectivity index (χ2v) is 3.79. The number of carbonyl (C=O) groups excluding carboxylic acids is 1. The maximum Gasteiger partial charge on any atom is 0.234 e. The molecule has 0 radical (unpaired) electrons. The van der Waals surface area contributed by atoms with E-state index >= 15 is 0 Å². The first-order valence-corrected chi connectivity index (χ1v) is 5.93. The summed E-state index contributed by atoms with van der Waals surface area (Å²) in [5.74, 6) is -0.0999. The highest BCUT2D eigenvalue weighted by Crippen LogP contribution is 1.92. The molecule has 0 bridgehead atoms. The minimum absolute atomic E-state index is 0.0999. The lowest BCUT2D eigenvalue weighted by Gasteiger charge is -2.14. The van der Waals surface area contributed by atoms with Gasteiger partial charge >= 0.3 is 0 Å². The van der Waals surface area contributed by atoms with E-state index in [0.717, 1.165) is 0 Å². The van der Waals surface area contributed by atoms with Crippen molar-refractivity contribution in [2.45, 2.75) is 19.8 Å². The number of ether oxygens (including phenoxy) is 2. The molecular weight excluding hydrogens is 174 g/mol. The fourth-order valence-electron chi connectivity index (χ4n) is 0.802. The fraction of sp³-hybridized carbons (Fsp3) is 0.857. The molecule has 0 fully saturated rings. The van der Waals surface area contributed by atoms with Crippen LogP contribution in [-0.2, 0) is 14.3 Å². The third kappa shape index (κ3) is 6.24. The average Bonchev–Trinajstić information content (AvgIpc) is 2.06. The molecule has 0 N–H and O–H groups in total. The standard InChI is InChI=1S/C7H15NO3Si/c1-3-10-7(11-4-2)12-6-8-5-9/h7H,3-4,6,12H2,1-2H3. The van der Waals surface area contributed by atoms with Crippen LogP contribution in [-0.4, -0.2) is 40.9 Å². The molecule has 0 aromatic rings. The Labute approximate surface area is 74.8 Å². The topological polar surface area (TPSA) is 47.9 Å². The Hall–Kier alpha value is -0.483. The molecule has 0 atom stereocenters.